The number of hydrogen-bond acceptors (Lipinski definition) is 5. The van der Waals surface area contributed by atoms with E-state index in [1.54, 1.807) is 6.92 Å². The van der Waals surface area contributed by atoms with Crippen molar-refractivity contribution in [1.29, 1.82) is 0 Å². The van der Waals surface area contributed by atoms with E-state index < -0.39 is 23.0 Å². The van der Waals surface area contributed by atoms with Gasteiger partial charge in [-0.15, -0.1) is 0 Å². The number of benzene rings is 2. The molecule has 0 bridgehead atoms. The fraction of sp³-hybridized carbons (Fsp3) is 0.263. The lowest BCUT2D eigenvalue weighted by atomic mass is 10.0. The first-order valence-electron chi connectivity index (χ1n) is 8.55. The molecule has 0 radical (unpaired) electrons. The maximum Gasteiger partial charge on any atom is 0.310 e. The minimum absolute atomic E-state index is 0.157. The first-order chi connectivity index (χ1) is 12.9. The molecule has 2 unspecified atom stereocenters. The number of aromatic nitrogens is 2. The van der Waals surface area contributed by atoms with Crippen LogP contribution in [0.3, 0.4) is 0 Å². The third-order valence-corrected chi connectivity index (χ3v) is 4.84. The number of nitrogens with zero attached hydrogens (tertiary/aromatic N) is 2. The second kappa shape index (κ2) is 7.89. The summed E-state index contributed by atoms with van der Waals surface area (Å²) < 4.78 is 23.5. The fourth-order valence-electron chi connectivity index (χ4n) is 2.96. The minimum Gasteiger partial charge on any atom is -0.771 e. The van der Waals surface area contributed by atoms with E-state index in [-0.39, 0.29) is 5.88 Å². The van der Waals surface area contributed by atoms with E-state index >= 15 is 0 Å². The molecule has 0 aliphatic carbocycles. The Morgan fingerprint density at radius 3 is 2.59 bits per heavy atom. The van der Waals surface area contributed by atoms with Crippen molar-refractivity contribution in [2.75, 3.05) is 11.2 Å². The summed E-state index contributed by atoms with van der Waals surface area (Å²) in [6, 6.07) is 12.9. The molecule has 1 aromatic heterocycles. The van der Waals surface area contributed by atoms with Gasteiger partial charge in [-0.1, -0.05) is 19.1 Å². The highest BCUT2D eigenvalue weighted by Gasteiger charge is 2.15. The van der Waals surface area contributed by atoms with E-state index in [0.29, 0.717) is 5.69 Å². The molecule has 7 nitrogen and oxygen atoms in total. The SMILES string of the molecule is CCc1nc2cc(NCS(=O)[O-])ccc2n1-c1ccc(C(C)C(=O)O)cc1. The van der Waals surface area contributed by atoms with Crippen LogP contribution in [-0.2, 0) is 22.3 Å². The zero-order valence-corrected chi connectivity index (χ0v) is 15.8. The van der Waals surface area contributed by atoms with Crippen LogP contribution in [0, 0.1) is 0 Å². The summed E-state index contributed by atoms with van der Waals surface area (Å²) in [5, 5.41) is 12.0. The van der Waals surface area contributed by atoms with E-state index in [1.807, 2.05) is 54.0 Å². The smallest absolute Gasteiger partial charge is 0.310 e. The number of rotatable bonds is 7. The van der Waals surface area contributed by atoms with E-state index in [9.17, 15) is 13.6 Å². The zero-order chi connectivity index (χ0) is 19.6. The molecule has 8 heteroatoms. The molecular weight excluding hydrogens is 366 g/mol. The fourth-order valence-corrected chi connectivity index (χ4v) is 3.25. The largest absolute Gasteiger partial charge is 0.771 e. The van der Waals surface area contributed by atoms with Crippen LogP contribution in [0.1, 0.15) is 31.2 Å². The molecule has 1 heterocycles. The van der Waals surface area contributed by atoms with Crippen LogP contribution < -0.4 is 5.32 Å². The lowest BCUT2D eigenvalue weighted by Crippen LogP contribution is -2.08. The molecule has 0 aliphatic heterocycles. The van der Waals surface area contributed by atoms with Crippen molar-refractivity contribution in [3.05, 3.63) is 53.9 Å². The number of hydrogen-bond donors (Lipinski definition) is 2. The number of carboxylic acids is 1. The van der Waals surface area contributed by atoms with Gasteiger partial charge in [0.05, 0.1) is 22.8 Å². The summed E-state index contributed by atoms with van der Waals surface area (Å²) in [7, 11) is 0. The third kappa shape index (κ3) is 4.01. The van der Waals surface area contributed by atoms with Gasteiger partial charge in [0.25, 0.3) is 0 Å². The van der Waals surface area contributed by atoms with Gasteiger partial charge in [-0.25, -0.2) is 4.98 Å². The quantitative estimate of drug-likeness (QED) is 0.605. The van der Waals surface area contributed by atoms with Gasteiger partial charge in [-0.3, -0.25) is 13.6 Å². The number of nitrogens with one attached hydrogen (secondary N) is 1. The van der Waals surface area contributed by atoms with Gasteiger partial charge in [0, 0.05) is 17.8 Å². The maximum absolute atomic E-state index is 11.2. The summed E-state index contributed by atoms with van der Waals surface area (Å²) >= 11 is -2.17. The number of carboxylic acid groups (broad SMARTS) is 1. The molecule has 3 rings (SSSR count). The van der Waals surface area contributed by atoms with Gasteiger partial charge in [0.2, 0.25) is 0 Å². The van der Waals surface area contributed by atoms with E-state index in [0.717, 1.165) is 34.5 Å². The summed E-state index contributed by atoms with van der Waals surface area (Å²) in [5.41, 5.74) is 3.99. The molecule has 0 spiro atoms. The summed E-state index contributed by atoms with van der Waals surface area (Å²) in [6.45, 7) is 3.67. The first-order valence-corrected chi connectivity index (χ1v) is 9.79. The Morgan fingerprint density at radius 1 is 1.30 bits per heavy atom. The van der Waals surface area contributed by atoms with Gasteiger partial charge in [0.1, 0.15) is 5.82 Å². The van der Waals surface area contributed by atoms with E-state index in [1.165, 1.54) is 0 Å². The van der Waals surface area contributed by atoms with Crippen molar-refractivity contribution in [1.82, 2.24) is 9.55 Å². The number of imidazole rings is 1. The molecular formula is C19H20N3O4S-. The number of aryl methyl sites for hydroxylation is 1. The summed E-state index contributed by atoms with van der Waals surface area (Å²) in [6.07, 6.45) is 0.718. The van der Waals surface area contributed by atoms with Gasteiger partial charge in [0.15, 0.2) is 0 Å². The maximum atomic E-state index is 11.2. The molecule has 0 saturated carbocycles. The Balaban J connectivity index is 2.00. The highest BCUT2D eigenvalue weighted by Crippen LogP contribution is 2.26. The molecule has 142 valence electrons. The minimum atomic E-state index is -2.17. The second-order valence-electron chi connectivity index (χ2n) is 6.20. The van der Waals surface area contributed by atoms with Gasteiger partial charge < -0.3 is 15.0 Å². The average molecular weight is 386 g/mol. The van der Waals surface area contributed by atoms with Crippen LogP contribution in [-0.4, -0.2) is 35.3 Å². The number of aliphatic carboxylic acids is 1. The predicted octanol–water partition coefficient (Wildman–Crippen LogP) is 3.02. The van der Waals surface area contributed by atoms with Crippen molar-refractivity contribution in [2.24, 2.45) is 0 Å². The van der Waals surface area contributed by atoms with Crippen LogP contribution >= 0.6 is 0 Å². The van der Waals surface area contributed by atoms with Crippen LogP contribution in [0.25, 0.3) is 16.7 Å². The van der Waals surface area contributed by atoms with Crippen molar-refractivity contribution in [3.8, 4) is 5.69 Å². The van der Waals surface area contributed by atoms with Crippen molar-refractivity contribution >= 4 is 33.8 Å². The van der Waals surface area contributed by atoms with Crippen molar-refractivity contribution in [2.45, 2.75) is 26.2 Å². The zero-order valence-electron chi connectivity index (χ0n) is 15.0. The molecule has 0 fully saturated rings. The highest BCUT2D eigenvalue weighted by atomic mass is 32.2. The van der Waals surface area contributed by atoms with Crippen LogP contribution in [0.5, 0.6) is 0 Å². The van der Waals surface area contributed by atoms with Gasteiger partial charge in [-0.05, 0) is 53.9 Å². The number of carbonyl (C=O) groups is 1. The molecule has 27 heavy (non-hydrogen) atoms. The Hall–Kier alpha value is -2.71. The number of fused-ring (bicyclic) bond motifs is 1. The monoisotopic (exact) mass is 386 g/mol. The standard InChI is InChI=1S/C19H21N3O4S/c1-3-18-21-16-10-14(20-11-27(25)26)6-9-17(16)22(18)15-7-4-13(5-8-15)12(2)19(23)24/h4-10,12,20H,3,11H2,1-2H3,(H,23,24)(H,25,26)/p-1. The molecule has 2 N–H and O–H groups in total. The topological polar surface area (TPSA) is 107 Å². The highest BCUT2D eigenvalue weighted by molar-refractivity contribution is 7.79. The lowest BCUT2D eigenvalue weighted by molar-refractivity contribution is -0.138. The van der Waals surface area contributed by atoms with Gasteiger partial charge in [-0.2, -0.15) is 0 Å². The van der Waals surface area contributed by atoms with E-state index in [2.05, 4.69) is 10.3 Å². The molecule has 2 atom stereocenters. The molecule has 3 aromatic rings. The Kier molecular flexibility index (Phi) is 5.57. The van der Waals surface area contributed by atoms with Crippen molar-refractivity contribution < 1.29 is 18.7 Å². The predicted molar refractivity (Wildman–Crippen MR) is 104 cm³/mol. The molecule has 0 aliphatic rings. The average Bonchev–Trinajstić information content (AvgIpc) is 3.03. The van der Waals surface area contributed by atoms with Crippen LogP contribution in [0.4, 0.5) is 5.69 Å². The Labute approximate surface area is 159 Å². The summed E-state index contributed by atoms with van der Waals surface area (Å²) in [5.74, 6) is -0.710. The van der Waals surface area contributed by atoms with Gasteiger partial charge >= 0.3 is 5.97 Å². The lowest BCUT2D eigenvalue weighted by Gasteiger charge is -2.12. The van der Waals surface area contributed by atoms with Crippen molar-refractivity contribution in [3.63, 3.8) is 0 Å². The van der Waals surface area contributed by atoms with Crippen LogP contribution in [0.15, 0.2) is 42.5 Å². The van der Waals surface area contributed by atoms with Crippen LogP contribution in [0.2, 0.25) is 0 Å². The normalized spacial score (nSPS) is 13.4. The Bertz CT molecular complexity index is 998. The third-order valence-electron chi connectivity index (χ3n) is 4.46. The summed E-state index contributed by atoms with van der Waals surface area (Å²) in [4.78, 5) is 15.8. The molecule has 0 saturated heterocycles. The molecule has 0 amide bonds. The Morgan fingerprint density at radius 2 is 2.00 bits per heavy atom. The first kappa shape index (κ1) is 19.1. The number of anilines is 1. The second-order valence-corrected chi connectivity index (χ2v) is 7.09. The van der Waals surface area contributed by atoms with E-state index in [4.69, 9.17) is 5.11 Å². The molecule has 2 aromatic carbocycles.